The van der Waals surface area contributed by atoms with Gasteiger partial charge in [0.15, 0.2) is 0 Å². The summed E-state index contributed by atoms with van der Waals surface area (Å²) < 4.78 is 5.21. The Balaban J connectivity index is 1.69. The SMILES string of the molecule is COc1ccc([C@H]2CCCN2C(=O)Nc2ccc(N(C)C)nc2)cc1. The molecule has 2 aromatic rings. The van der Waals surface area contributed by atoms with E-state index in [4.69, 9.17) is 4.74 Å². The number of amides is 2. The number of ether oxygens (including phenoxy) is 1. The minimum Gasteiger partial charge on any atom is -0.497 e. The molecule has 6 nitrogen and oxygen atoms in total. The number of benzene rings is 1. The molecule has 2 heterocycles. The molecule has 1 fully saturated rings. The number of urea groups is 1. The third-order valence-electron chi connectivity index (χ3n) is 4.47. The van der Waals surface area contributed by atoms with Crippen molar-refractivity contribution in [3.8, 4) is 5.75 Å². The summed E-state index contributed by atoms with van der Waals surface area (Å²) in [5.74, 6) is 1.68. The smallest absolute Gasteiger partial charge is 0.322 e. The number of carbonyl (C=O) groups excluding carboxylic acids is 1. The van der Waals surface area contributed by atoms with Crippen molar-refractivity contribution in [1.29, 1.82) is 0 Å². The number of nitrogens with one attached hydrogen (secondary N) is 1. The molecule has 132 valence electrons. The van der Waals surface area contributed by atoms with E-state index in [9.17, 15) is 4.79 Å². The molecule has 0 radical (unpaired) electrons. The zero-order valence-corrected chi connectivity index (χ0v) is 14.9. The number of rotatable bonds is 4. The molecule has 25 heavy (non-hydrogen) atoms. The Bertz CT molecular complexity index is 713. The molecular formula is C19H24N4O2. The summed E-state index contributed by atoms with van der Waals surface area (Å²) in [6.45, 7) is 0.756. The lowest BCUT2D eigenvalue weighted by Crippen LogP contribution is -2.34. The van der Waals surface area contributed by atoms with Gasteiger partial charge in [-0.15, -0.1) is 0 Å². The summed E-state index contributed by atoms with van der Waals surface area (Å²) in [5.41, 5.74) is 1.84. The van der Waals surface area contributed by atoms with E-state index < -0.39 is 0 Å². The molecule has 1 aliphatic rings. The molecule has 1 aromatic heterocycles. The summed E-state index contributed by atoms with van der Waals surface area (Å²) in [7, 11) is 5.52. The first-order valence-corrected chi connectivity index (χ1v) is 8.43. The highest BCUT2D eigenvalue weighted by atomic mass is 16.5. The summed E-state index contributed by atoms with van der Waals surface area (Å²) in [4.78, 5) is 20.8. The number of hydrogen-bond acceptors (Lipinski definition) is 4. The van der Waals surface area contributed by atoms with Gasteiger partial charge in [-0.25, -0.2) is 9.78 Å². The van der Waals surface area contributed by atoms with Gasteiger partial charge in [-0.2, -0.15) is 0 Å². The van der Waals surface area contributed by atoms with E-state index in [0.717, 1.165) is 36.5 Å². The summed E-state index contributed by atoms with van der Waals surface area (Å²) >= 11 is 0. The van der Waals surface area contributed by atoms with Gasteiger partial charge < -0.3 is 19.9 Å². The van der Waals surface area contributed by atoms with Gasteiger partial charge in [-0.3, -0.25) is 0 Å². The number of nitrogens with zero attached hydrogens (tertiary/aromatic N) is 3. The van der Waals surface area contributed by atoms with Crippen molar-refractivity contribution in [1.82, 2.24) is 9.88 Å². The fraction of sp³-hybridized carbons (Fsp3) is 0.368. The Hall–Kier alpha value is -2.76. The van der Waals surface area contributed by atoms with Crippen molar-refractivity contribution >= 4 is 17.5 Å². The van der Waals surface area contributed by atoms with Crippen LogP contribution < -0.4 is 15.0 Å². The van der Waals surface area contributed by atoms with Gasteiger partial charge in [0.2, 0.25) is 0 Å². The van der Waals surface area contributed by atoms with E-state index in [1.54, 1.807) is 13.3 Å². The number of likely N-dealkylation sites (tertiary alicyclic amines) is 1. The predicted octanol–water partition coefficient (Wildman–Crippen LogP) is 3.53. The van der Waals surface area contributed by atoms with Gasteiger partial charge >= 0.3 is 6.03 Å². The van der Waals surface area contributed by atoms with Crippen LogP contribution in [-0.4, -0.2) is 43.7 Å². The molecule has 6 heteroatoms. The molecule has 1 atom stereocenters. The first-order chi connectivity index (χ1) is 12.1. The van der Waals surface area contributed by atoms with Gasteiger partial charge in [0.1, 0.15) is 11.6 Å². The fourth-order valence-corrected chi connectivity index (χ4v) is 3.10. The number of methoxy groups -OCH3 is 1. The van der Waals surface area contributed by atoms with E-state index in [0.29, 0.717) is 5.69 Å². The molecule has 2 amide bonds. The Morgan fingerprint density at radius 2 is 2.00 bits per heavy atom. The average molecular weight is 340 g/mol. The lowest BCUT2D eigenvalue weighted by Gasteiger charge is -2.25. The first kappa shape index (κ1) is 17.1. The molecule has 3 rings (SSSR count). The van der Waals surface area contributed by atoms with Gasteiger partial charge in [-0.05, 0) is 42.7 Å². The van der Waals surface area contributed by atoms with Gasteiger partial charge in [-0.1, -0.05) is 12.1 Å². The molecule has 1 aliphatic heterocycles. The Kier molecular flexibility index (Phi) is 5.07. The second kappa shape index (κ2) is 7.42. The predicted molar refractivity (Wildman–Crippen MR) is 99.3 cm³/mol. The van der Waals surface area contributed by atoms with Crippen molar-refractivity contribution < 1.29 is 9.53 Å². The third-order valence-corrected chi connectivity index (χ3v) is 4.47. The highest BCUT2D eigenvalue weighted by molar-refractivity contribution is 5.89. The van der Waals surface area contributed by atoms with Crippen molar-refractivity contribution in [2.24, 2.45) is 0 Å². The van der Waals surface area contributed by atoms with Gasteiger partial charge in [0.05, 0.1) is 25.0 Å². The lowest BCUT2D eigenvalue weighted by molar-refractivity contribution is 0.207. The van der Waals surface area contributed by atoms with Crippen LogP contribution in [0.25, 0.3) is 0 Å². The lowest BCUT2D eigenvalue weighted by atomic mass is 10.0. The van der Waals surface area contributed by atoms with Crippen LogP contribution in [0.1, 0.15) is 24.4 Å². The van der Waals surface area contributed by atoms with Crippen molar-refractivity contribution in [3.63, 3.8) is 0 Å². The van der Waals surface area contributed by atoms with E-state index >= 15 is 0 Å². The van der Waals surface area contributed by atoms with E-state index in [2.05, 4.69) is 10.3 Å². The summed E-state index contributed by atoms with van der Waals surface area (Å²) in [6.07, 6.45) is 3.66. The molecule has 0 bridgehead atoms. The normalized spacial score (nSPS) is 16.6. The van der Waals surface area contributed by atoms with Gasteiger partial charge in [0.25, 0.3) is 0 Å². The van der Waals surface area contributed by atoms with Crippen molar-refractivity contribution in [2.75, 3.05) is 38.0 Å². The van der Waals surface area contributed by atoms with Crippen molar-refractivity contribution in [2.45, 2.75) is 18.9 Å². The number of hydrogen-bond donors (Lipinski definition) is 1. The highest BCUT2D eigenvalue weighted by Crippen LogP contribution is 2.33. The second-order valence-corrected chi connectivity index (χ2v) is 6.35. The highest BCUT2D eigenvalue weighted by Gasteiger charge is 2.30. The molecule has 0 aliphatic carbocycles. The van der Waals surface area contributed by atoms with Crippen LogP contribution in [0.5, 0.6) is 5.75 Å². The van der Waals surface area contributed by atoms with Crippen LogP contribution >= 0.6 is 0 Å². The zero-order valence-electron chi connectivity index (χ0n) is 14.9. The number of anilines is 2. The second-order valence-electron chi connectivity index (χ2n) is 6.35. The third kappa shape index (κ3) is 3.84. The quantitative estimate of drug-likeness (QED) is 0.925. The maximum absolute atomic E-state index is 12.7. The standard InChI is InChI=1S/C19H24N4O2/c1-22(2)18-11-8-15(13-20-18)21-19(24)23-12-4-5-17(23)14-6-9-16(25-3)10-7-14/h6-11,13,17H,4-5,12H2,1-3H3,(H,21,24)/t17-/m1/s1. The number of carbonyl (C=O) groups is 1. The topological polar surface area (TPSA) is 57.7 Å². The molecule has 1 aromatic carbocycles. The molecule has 0 unspecified atom stereocenters. The molecule has 1 saturated heterocycles. The molecular weight excluding hydrogens is 316 g/mol. The maximum atomic E-state index is 12.7. The zero-order chi connectivity index (χ0) is 17.8. The Morgan fingerprint density at radius 3 is 2.60 bits per heavy atom. The summed E-state index contributed by atoms with van der Waals surface area (Å²) in [5, 5.41) is 2.95. The van der Waals surface area contributed by atoms with Gasteiger partial charge in [0, 0.05) is 20.6 Å². The van der Waals surface area contributed by atoms with E-state index in [1.807, 2.05) is 60.3 Å². The van der Waals surface area contributed by atoms with E-state index in [-0.39, 0.29) is 12.1 Å². The first-order valence-electron chi connectivity index (χ1n) is 8.43. The van der Waals surface area contributed by atoms with Crippen LogP contribution in [0.15, 0.2) is 42.6 Å². The number of pyridine rings is 1. The van der Waals surface area contributed by atoms with Crippen molar-refractivity contribution in [3.05, 3.63) is 48.2 Å². The number of aromatic nitrogens is 1. The molecule has 0 saturated carbocycles. The molecule has 1 N–H and O–H groups in total. The van der Waals surface area contributed by atoms with Crippen LogP contribution in [0, 0.1) is 0 Å². The Morgan fingerprint density at radius 1 is 1.24 bits per heavy atom. The maximum Gasteiger partial charge on any atom is 0.322 e. The largest absolute Gasteiger partial charge is 0.497 e. The molecule has 0 spiro atoms. The van der Waals surface area contributed by atoms with Crippen LogP contribution in [0.3, 0.4) is 0 Å². The minimum atomic E-state index is -0.0854. The average Bonchev–Trinajstić information content (AvgIpc) is 3.12. The van der Waals surface area contributed by atoms with Crippen LogP contribution in [0.4, 0.5) is 16.3 Å². The minimum absolute atomic E-state index is 0.0854. The van der Waals surface area contributed by atoms with E-state index in [1.165, 1.54) is 0 Å². The van der Waals surface area contributed by atoms with Crippen LogP contribution in [0.2, 0.25) is 0 Å². The van der Waals surface area contributed by atoms with Crippen LogP contribution in [-0.2, 0) is 0 Å². The fourth-order valence-electron chi connectivity index (χ4n) is 3.10. The Labute approximate surface area is 148 Å². The summed E-state index contributed by atoms with van der Waals surface area (Å²) in [6, 6.07) is 11.7. The monoisotopic (exact) mass is 340 g/mol.